The number of fused-ring (bicyclic) bond motifs is 1. The van der Waals surface area contributed by atoms with E-state index in [-0.39, 0.29) is 22.5 Å². The van der Waals surface area contributed by atoms with Gasteiger partial charge in [0, 0.05) is 31.1 Å². The van der Waals surface area contributed by atoms with E-state index in [0.29, 0.717) is 36.1 Å². The SMILES string of the molecule is CCS(=O)(=O)c1ccc(CNC(=O)c2ccc3c(c2)CN(c2ncc(C#N)cn2)CC3C(C)C)cc1. The largest absolute Gasteiger partial charge is 0.348 e. The number of anilines is 1. The van der Waals surface area contributed by atoms with E-state index >= 15 is 0 Å². The molecule has 0 fully saturated rings. The predicted octanol–water partition coefficient (Wildman–Crippen LogP) is 3.83. The molecule has 0 saturated carbocycles. The summed E-state index contributed by atoms with van der Waals surface area (Å²) in [7, 11) is -3.25. The molecular formula is C27H29N5O3S. The number of carbonyl (C=O) groups excluding carboxylic acids is 1. The summed E-state index contributed by atoms with van der Waals surface area (Å²) in [5.74, 6) is 1.05. The van der Waals surface area contributed by atoms with Crippen molar-refractivity contribution >= 4 is 21.7 Å². The topological polar surface area (TPSA) is 116 Å². The molecule has 3 aromatic rings. The standard InChI is InChI=1S/C27H29N5O3S/c1-4-36(34,35)23-8-5-19(6-9-23)13-29-26(33)21-7-10-24-22(11-21)16-32(17-25(24)18(2)3)27-30-14-20(12-28)15-31-27/h5-11,14-15,18,25H,4,13,16-17H2,1-3H3,(H,29,33). The third kappa shape index (κ3) is 5.39. The number of rotatable bonds is 7. The van der Waals surface area contributed by atoms with Crippen molar-refractivity contribution < 1.29 is 13.2 Å². The molecule has 1 atom stereocenters. The number of aromatic nitrogens is 2. The minimum atomic E-state index is -3.25. The van der Waals surface area contributed by atoms with Crippen LogP contribution in [0.1, 0.15) is 59.3 Å². The molecule has 0 radical (unpaired) electrons. The molecule has 2 heterocycles. The Labute approximate surface area is 211 Å². The van der Waals surface area contributed by atoms with Crippen molar-refractivity contribution in [3.63, 3.8) is 0 Å². The Kier molecular flexibility index (Phi) is 7.36. The highest BCUT2D eigenvalue weighted by molar-refractivity contribution is 7.91. The van der Waals surface area contributed by atoms with E-state index in [2.05, 4.69) is 34.0 Å². The van der Waals surface area contributed by atoms with Crippen LogP contribution in [0, 0.1) is 17.2 Å². The van der Waals surface area contributed by atoms with E-state index < -0.39 is 9.84 Å². The molecule has 1 aromatic heterocycles. The lowest BCUT2D eigenvalue weighted by Crippen LogP contribution is -2.37. The molecule has 9 heteroatoms. The number of amides is 1. The van der Waals surface area contributed by atoms with Gasteiger partial charge < -0.3 is 10.2 Å². The first-order chi connectivity index (χ1) is 17.2. The maximum absolute atomic E-state index is 12.9. The van der Waals surface area contributed by atoms with Crippen LogP contribution in [0.3, 0.4) is 0 Å². The smallest absolute Gasteiger partial charge is 0.251 e. The molecule has 1 aliphatic rings. The third-order valence-electron chi connectivity index (χ3n) is 6.55. The molecule has 0 bridgehead atoms. The number of hydrogen-bond acceptors (Lipinski definition) is 7. The summed E-state index contributed by atoms with van der Waals surface area (Å²) >= 11 is 0. The van der Waals surface area contributed by atoms with E-state index in [0.717, 1.165) is 17.7 Å². The zero-order chi connectivity index (χ0) is 25.9. The molecule has 2 aromatic carbocycles. The second-order valence-electron chi connectivity index (χ2n) is 9.26. The Hall–Kier alpha value is -3.77. The number of hydrogen-bond donors (Lipinski definition) is 1. The van der Waals surface area contributed by atoms with Crippen LogP contribution >= 0.6 is 0 Å². The van der Waals surface area contributed by atoms with E-state index in [1.807, 2.05) is 24.3 Å². The van der Waals surface area contributed by atoms with Gasteiger partial charge in [0.25, 0.3) is 5.91 Å². The van der Waals surface area contributed by atoms with Crippen LogP contribution in [0.5, 0.6) is 0 Å². The second kappa shape index (κ2) is 10.5. The van der Waals surface area contributed by atoms with Gasteiger partial charge >= 0.3 is 0 Å². The molecule has 186 valence electrons. The van der Waals surface area contributed by atoms with Crippen molar-refractivity contribution in [2.45, 2.75) is 44.7 Å². The highest BCUT2D eigenvalue weighted by Crippen LogP contribution is 2.35. The molecule has 8 nitrogen and oxygen atoms in total. The van der Waals surface area contributed by atoms with Crippen LogP contribution in [0.2, 0.25) is 0 Å². The Bertz CT molecular complexity index is 1390. The van der Waals surface area contributed by atoms with Crippen molar-refractivity contribution in [1.29, 1.82) is 5.26 Å². The minimum Gasteiger partial charge on any atom is -0.348 e. The first-order valence-corrected chi connectivity index (χ1v) is 13.6. The van der Waals surface area contributed by atoms with Gasteiger partial charge in [-0.25, -0.2) is 18.4 Å². The van der Waals surface area contributed by atoms with Gasteiger partial charge in [0.1, 0.15) is 6.07 Å². The normalized spacial score (nSPS) is 15.3. The predicted molar refractivity (Wildman–Crippen MR) is 137 cm³/mol. The summed E-state index contributed by atoms with van der Waals surface area (Å²) in [5, 5.41) is 12.0. The lowest BCUT2D eigenvalue weighted by atomic mass is 9.82. The number of nitriles is 1. The minimum absolute atomic E-state index is 0.0494. The van der Waals surface area contributed by atoms with Gasteiger partial charge in [-0.1, -0.05) is 39.0 Å². The number of benzene rings is 2. The van der Waals surface area contributed by atoms with Gasteiger partial charge in [-0.05, 0) is 46.9 Å². The number of nitrogens with one attached hydrogen (secondary N) is 1. The van der Waals surface area contributed by atoms with E-state index in [9.17, 15) is 13.2 Å². The summed E-state index contributed by atoms with van der Waals surface area (Å²) < 4.78 is 24.0. The van der Waals surface area contributed by atoms with Crippen LogP contribution in [0.4, 0.5) is 5.95 Å². The second-order valence-corrected chi connectivity index (χ2v) is 11.5. The highest BCUT2D eigenvalue weighted by Gasteiger charge is 2.29. The molecular weight excluding hydrogens is 474 g/mol. The lowest BCUT2D eigenvalue weighted by Gasteiger charge is -2.37. The monoisotopic (exact) mass is 503 g/mol. The van der Waals surface area contributed by atoms with Crippen LogP contribution < -0.4 is 10.2 Å². The lowest BCUT2D eigenvalue weighted by molar-refractivity contribution is 0.0950. The number of nitrogens with zero attached hydrogens (tertiary/aromatic N) is 4. The van der Waals surface area contributed by atoms with Crippen LogP contribution in [-0.4, -0.2) is 36.6 Å². The Morgan fingerprint density at radius 2 is 1.86 bits per heavy atom. The van der Waals surface area contributed by atoms with Crippen molar-refractivity contribution in [3.8, 4) is 6.07 Å². The van der Waals surface area contributed by atoms with Crippen LogP contribution in [0.25, 0.3) is 0 Å². The third-order valence-corrected chi connectivity index (χ3v) is 8.30. The molecule has 0 spiro atoms. The number of sulfone groups is 1. The summed E-state index contributed by atoms with van der Waals surface area (Å²) in [6, 6.07) is 14.4. The maximum Gasteiger partial charge on any atom is 0.251 e. The fourth-order valence-corrected chi connectivity index (χ4v) is 5.27. The average Bonchev–Trinajstić information content (AvgIpc) is 2.90. The zero-order valence-electron chi connectivity index (χ0n) is 20.6. The summed E-state index contributed by atoms with van der Waals surface area (Å²) in [6.45, 7) is 7.58. The van der Waals surface area contributed by atoms with Crippen LogP contribution in [-0.2, 0) is 22.9 Å². The van der Waals surface area contributed by atoms with Gasteiger partial charge in [-0.2, -0.15) is 5.26 Å². The van der Waals surface area contributed by atoms with E-state index in [4.69, 9.17) is 5.26 Å². The first-order valence-electron chi connectivity index (χ1n) is 11.9. The van der Waals surface area contributed by atoms with Crippen molar-refractivity contribution in [3.05, 3.63) is 82.7 Å². The summed E-state index contributed by atoms with van der Waals surface area (Å²) in [6.07, 6.45) is 3.05. The van der Waals surface area contributed by atoms with Crippen molar-refractivity contribution in [1.82, 2.24) is 15.3 Å². The van der Waals surface area contributed by atoms with Gasteiger partial charge in [-0.15, -0.1) is 0 Å². The summed E-state index contributed by atoms with van der Waals surface area (Å²) in [5.41, 5.74) is 4.07. The fourth-order valence-electron chi connectivity index (χ4n) is 4.38. The van der Waals surface area contributed by atoms with E-state index in [1.165, 1.54) is 18.0 Å². The quantitative estimate of drug-likeness (QED) is 0.521. The molecule has 1 N–H and O–H groups in total. The van der Waals surface area contributed by atoms with Crippen molar-refractivity contribution in [2.24, 2.45) is 5.92 Å². The van der Waals surface area contributed by atoms with Crippen LogP contribution in [0.15, 0.2) is 59.8 Å². The van der Waals surface area contributed by atoms with Gasteiger partial charge in [0.2, 0.25) is 5.95 Å². The highest BCUT2D eigenvalue weighted by atomic mass is 32.2. The molecule has 1 amide bonds. The van der Waals surface area contributed by atoms with Gasteiger partial charge in [-0.3, -0.25) is 4.79 Å². The van der Waals surface area contributed by atoms with E-state index in [1.54, 1.807) is 31.2 Å². The Morgan fingerprint density at radius 1 is 1.17 bits per heavy atom. The molecule has 4 rings (SSSR count). The molecule has 1 aliphatic heterocycles. The number of carbonyl (C=O) groups is 1. The molecule has 1 unspecified atom stereocenters. The molecule has 0 saturated heterocycles. The fraction of sp³-hybridized carbons (Fsp3) is 0.333. The zero-order valence-corrected chi connectivity index (χ0v) is 21.4. The Morgan fingerprint density at radius 3 is 2.47 bits per heavy atom. The average molecular weight is 504 g/mol. The Balaban J connectivity index is 1.50. The van der Waals surface area contributed by atoms with Gasteiger partial charge in [0.15, 0.2) is 9.84 Å². The summed E-state index contributed by atoms with van der Waals surface area (Å²) in [4.78, 5) is 24.0. The molecule has 36 heavy (non-hydrogen) atoms. The maximum atomic E-state index is 12.9. The first kappa shape index (κ1) is 25.3. The molecule has 0 aliphatic carbocycles. The van der Waals surface area contributed by atoms with Crippen molar-refractivity contribution in [2.75, 3.05) is 17.2 Å². The van der Waals surface area contributed by atoms with Gasteiger partial charge in [0.05, 0.1) is 28.6 Å².